The molecule has 2 aliphatic rings. The first-order chi connectivity index (χ1) is 5.98. The first kappa shape index (κ1) is 8.87. The van der Waals surface area contributed by atoms with Crippen molar-refractivity contribution in [3.05, 3.63) is 0 Å². The molecule has 0 saturated carbocycles. The summed E-state index contributed by atoms with van der Waals surface area (Å²) in [5.74, 6) is -0.355. The quantitative estimate of drug-likeness (QED) is 0.602. The number of nitrogens with zero attached hydrogens (tertiary/aromatic N) is 1. The monoisotopic (exact) mass is 200 g/mol. The van der Waals surface area contributed by atoms with Crippen LogP contribution in [0.2, 0.25) is 0 Å². The number of primary amides is 1. The van der Waals surface area contributed by atoms with Gasteiger partial charge in [-0.05, 0) is 6.92 Å². The maximum Gasteiger partial charge on any atom is 0.244 e. The standard InChI is InChI=1S/C8H12N2O2S/c1-4-8(2,7(9)12)10-5(11)3-6(10)13-4/h4,6H,3H2,1-2H3,(H2,9,12). The molecule has 2 heterocycles. The molecule has 3 atom stereocenters. The van der Waals surface area contributed by atoms with Gasteiger partial charge in [0.05, 0.1) is 11.8 Å². The third kappa shape index (κ3) is 0.879. The van der Waals surface area contributed by atoms with Crippen molar-refractivity contribution in [2.45, 2.75) is 36.4 Å². The van der Waals surface area contributed by atoms with Gasteiger partial charge in [0.1, 0.15) is 5.54 Å². The summed E-state index contributed by atoms with van der Waals surface area (Å²) < 4.78 is 0. The topological polar surface area (TPSA) is 63.4 Å². The van der Waals surface area contributed by atoms with Gasteiger partial charge >= 0.3 is 0 Å². The summed E-state index contributed by atoms with van der Waals surface area (Å²) in [7, 11) is 0. The predicted molar refractivity (Wildman–Crippen MR) is 49.9 cm³/mol. The Hall–Kier alpha value is -0.710. The van der Waals surface area contributed by atoms with E-state index in [0.717, 1.165) is 0 Å². The number of hydrogen-bond donors (Lipinski definition) is 1. The summed E-state index contributed by atoms with van der Waals surface area (Å²) >= 11 is 1.66. The molecular formula is C8H12N2O2S. The molecule has 2 rings (SSSR count). The Morgan fingerprint density at radius 3 is 2.77 bits per heavy atom. The molecule has 13 heavy (non-hydrogen) atoms. The molecule has 2 aliphatic heterocycles. The van der Waals surface area contributed by atoms with E-state index in [1.165, 1.54) is 0 Å². The van der Waals surface area contributed by atoms with Gasteiger partial charge in [-0.1, -0.05) is 6.92 Å². The van der Waals surface area contributed by atoms with E-state index in [4.69, 9.17) is 5.73 Å². The van der Waals surface area contributed by atoms with Gasteiger partial charge in [-0.15, -0.1) is 11.8 Å². The van der Waals surface area contributed by atoms with Crippen LogP contribution in [0.5, 0.6) is 0 Å². The molecule has 4 nitrogen and oxygen atoms in total. The Bertz CT molecular complexity index is 294. The molecule has 0 aromatic heterocycles. The van der Waals surface area contributed by atoms with Gasteiger partial charge in [-0.3, -0.25) is 9.59 Å². The van der Waals surface area contributed by atoms with Gasteiger partial charge in [0, 0.05) is 5.25 Å². The molecule has 5 heteroatoms. The number of thioether (sulfide) groups is 1. The zero-order valence-corrected chi connectivity index (χ0v) is 8.43. The smallest absolute Gasteiger partial charge is 0.244 e. The van der Waals surface area contributed by atoms with Crippen LogP contribution in [0.15, 0.2) is 0 Å². The highest BCUT2D eigenvalue weighted by atomic mass is 32.2. The molecule has 2 amide bonds. The maximum absolute atomic E-state index is 11.3. The van der Waals surface area contributed by atoms with E-state index >= 15 is 0 Å². The van der Waals surface area contributed by atoms with Crippen LogP contribution in [0.1, 0.15) is 20.3 Å². The zero-order chi connectivity index (χ0) is 9.80. The lowest BCUT2D eigenvalue weighted by Gasteiger charge is -2.42. The van der Waals surface area contributed by atoms with E-state index < -0.39 is 11.4 Å². The minimum Gasteiger partial charge on any atom is -0.368 e. The summed E-state index contributed by atoms with van der Waals surface area (Å²) in [4.78, 5) is 24.2. The number of carbonyl (C=O) groups excluding carboxylic acids is 2. The number of hydrogen-bond acceptors (Lipinski definition) is 3. The van der Waals surface area contributed by atoms with Crippen molar-refractivity contribution >= 4 is 23.6 Å². The van der Waals surface area contributed by atoms with Crippen molar-refractivity contribution in [3.63, 3.8) is 0 Å². The van der Waals surface area contributed by atoms with Gasteiger partial charge in [0.2, 0.25) is 11.8 Å². The van der Waals surface area contributed by atoms with Crippen molar-refractivity contribution in [3.8, 4) is 0 Å². The van der Waals surface area contributed by atoms with Crippen molar-refractivity contribution in [1.29, 1.82) is 0 Å². The molecule has 0 aromatic rings. The Labute approximate surface area is 80.8 Å². The van der Waals surface area contributed by atoms with Crippen LogP contribution >= 0.6 is 11.8 Å². The Morgan fingerprint density at radius 1 is 1.77 bits per heavy atom. The lowest BCUT2D eigenvalue weighted by Crippen LogP contribution is -2.64. The van der Waals surface area contributed by atoms with Gasteiger partial charge in [0.15, 0.2) is 0 Å². The molecule has 2 N–H and O–H groups in total. The van der Waals surface area contributed by atoms with Crippen LogP contribution in [0.3, 0.4) is 0 Å². The zero-order valence-electron chi connectivity index (χ0n) is 7.61. The van der Waals surface area contributed by atoms with Gasteiger partial charge in [-0.25, -0.2) is 0 Å². The fraction of sp³-hybridized carbons (Fsp3) is 0.750. The van der Waals surface area contributed by atoms with Crippen LogP contribution in [0.25, 0.3) is 0 Å². The fourth-order valence-corrected chi connectivity index (χ4v) is 3.60. The maximum atomic E-state index is 11.3. The van der Waals surface area contributed by atoms with Crippen molar-refractivity contribution in [2.75, 3.05) is 0 Å². The first-order valence-electron chi connectivity index (χ1n) is 4.25. The SMILES string of the molecule is CC1SC2CC(=O)N2C1(C)C(N)=O. The highest BCUT2D eigenvalue weighted by Crippen LogP contribution is 2.49. The summed E-state index contributed by atoms with van der Waals surface area (Å²) in [6.45, 7) is 3.70. The van der Waals surface area contributed by atoms with E-state index in [0.29, 0.717) is 6.42 Å². The van der Waals surface area contributed by atoms with E-state index in [-0.39, 0.29) is 16.5 Å². The molecule has 0 spiro atoms. The number of β-lactam (4-membered cyclic amide) rings is 1. The summed E-state index contributed by atoms with van der Waals surface area (Å²) in [5, 5.41) is 0.279. The molecule has 0 radical (unpaired) electrons. The number of rotatable bonds is 1. The normalized spacial score (nSPS) is 42.9. The number of fused-ring (bicyclic) bond motifs is 1. The van der Waals surface area contributed by atoms with Crippen LogP contribution in [-0.2, 0) is 9.59 Å². The minimum absolute atomic E-state index is 0.0446. The molecule has 72 valence electrons. The van der Waals surface area contributed by atoms with Crippen LogP contribution in [-0.4, -0.2) is 32.9 Å². The lowest BCUT2D eigenvalue weighted by molar-refractivity contribution is -0.154. The third-order valence-corrected chi connectivity index (χ3v) is 4.62. The molecule has 3 unspecified atom stereocenters. The van der Waals surface area contributed by atoms with E-state index in [2.05, 4.69) is 0 Å². The van der Waals surface area contributed by atoms with Crippen LogP contribution in [0, 0.1) is 0 Å². The van der Waals surface area contributed by atoms with Crippen LogP contribution < -0.4 is 5.73 Å². The summed E-state index contributed by atoms with van der Waals surface area (Å²) in [6.07, 6.45) is 0.553. The number of amides is 2. The van der Waals surface area contributed by atoms with E-state index in [1.807, 2.05) is 6.92 Å². The Kier molecular flexibility index (Phi) is 1.64. The average molecular weight is 200 g/mol. The second-order valence-corrected chi connectivity index (χ2v) is 5.24. The molecule has 2 saturated heterocycles. The first-order valence-corrected chi connectivity index (χ1v) is 5.19. The second kappa shape index (κ2) is 2.41. The molecule has 0 aliphatic carbocycles. The Balaban J connectivity index is 2.35. The predicted octanol–water partition coefficient (Wildman–Crippen LogP) is -0.0759. The largest absolute Gasteiger partial charge is 0.368 e. The Morgan fingerprint density at radius 2 is 2.38 bits per heavy atom. The molecule has 2 fully saturated rings. The highest BCUT2D eigenvalue weighted by molar-refractivity contribution is 8.01. The second-order valence-electron chi connectivity index (χ2n) is 3.71. The summed E-state index contributed by atoms with van der Waals surface area (Å²) in [5.41, 5.74) is 4.55. The lowest BCUT2D eigenvalue weighted by atomic mass is 9.91. The number of nitrogens with two attached hydrogens (primary N) is 1. The van der Waals surface area contributed by atoms with E-state index in [1.54, 1.807) is 23.6 Å². The number of carbonyl (C=O) groups is 2. The van der Waals surface area contributed by atoms with Gasteiger partial charge in [-0.2, -0.15) is 0 Å². The summed E-state index contributed by atoms with van der Waals surface area (Å²) in [6, 6.07) is 0. The van der Waals surface area contributed by atoms with Crippen molar-refractivity contribution in [2.24, 2.45) is 5.73 Å². The van der Waals surface area contributed by atoms with Crippen molar-refractivity contribution in [1.82, 2.24) is 4.90 Å². The molecular weight excluding hydrogens is 188 g/mol. The average Bonchev–Trinajstić information content (AvgIpc) is 2.21. The highest BCUT2D eigenvalue weighted by Gasteiger charge is 2.60. The van der Waals surface area contributed by atoms with Crippen LogP contribution in [0.4, 0.5) is 0 Å². The van der Waals surface area contributed by atoms with E-state index in [9.17, 15) is 9.59 Å². The van der Waals surface area contributed by atoms with Gasteiger partial charge < -0.3 is 10.6 Å². The van der Waals surface area contributed by atoms with Gasteiger partial charge in [0.25, 0.3) is 0 Å². The minimum atomic E-state index is -0.773. The van der Waals surface area contributed by atoms with Crippen molar-refractivity contribution < 1.29 is 9.59 Å². The molecule has 0 aromatic carbocycles. The third-order valence-electron chi connectivity index (χ3n) is 3.06. The molecule has 0 bridgehead atoms. The fourth-order valence-electron chi connectivity index (χ4n) is 1.94.